The second-order valence-corrected chi connectivity index (χ2v) is 5.75. The highest BCUT2D eigenvalue weighted by Crippen LogP contribution is 2.28. The molecular weight excluding hydrogens is 286 g/mol. The molecule has 0 saturated heterocycles. The van der Waals surface area contributed by atoms with Gasteiger partial charge in [-0.25, -0.2) is 4.98 Å². The Hall–Kier alpha value is -2.54. The number of aromatic nitrogens is 5. The van der Waals surface area contributed by atoms with Crippen LogP contribution in [0.1, 0.15) is 11.4 Å². The molecule has 0 aromatic carbocycles. The molecule has 0 saturated carbocycles. The van der Waals surface area contributed by atoms with E-state index in [9.17, 15) is 0 Å². The molecule has 104 valence electrons. The van der Waals surface area contributed by atoms with Gasteiger partial charge in [0.2, 0.25) is 12.2 Å². The summed E-state index contributed by atoms with van der Waals surface area (Å²) < 4.78 is 7.95. The third-order valence-corrected chi connectivity index (χ3v) is 4.32. The summed E-state index contributed by atoms with van der Waals surface area (Å²) in [4.78, 5) is 13.0. The Morgan fingerprint density at radius 2 is 1.95 bits per heavy atom. The van der Waals surface area contributed by atoms with Gasteiger partial charge in [-0.2, -0.15) is 4.98 Å². The number of hydrogen-bond donors (Lipinski definition) is 0. The fourth-order valence-corrected chi connectivity index (χ4v) is 3.38. The maximum absolute atomic E-state index is 4.76. The molecule has 0 spiro atoms. The zero-order valence-corrected chi connectivity index (χ0v) is 12.3. The summed E-state index contributed by atoms with van der Waals surface area (Å²) in [6.45, 7) is 4.14. The summed E-state index contributed by atoms with van der Waals surface area (Å²) in [7, 11) is 0. The van der Waals surface area contributed by atoms with E-state index in [-0.39, 0.29) is 0 Å². The first-order valence-corrected chi connectivity index (χ1v) is 7.22. The minimum absolute atomic E-state index is 0.486. The predicted octanol–water partition coefficient (Wildman–Crippen LogP) is 3.15. The van der Waals surface area contributed by atoms with Crippen molar-refractivity contribution in [2.24, 2.45) is 0 Å². The fraction of sp³-hybridized carbons (Fsp3) is 0.143. The fourth-order valence-electron chi connectivity index (χ4n) is 2.29. The van der Waals surface area contributed by atoms with Crippen LogP contribution in [0.25, 0.3) is 26.9 Å². The number of thiazole rings is 1. The molecular formula is C14H11N5OS. The Balaban J connectivity index is 1.87. The van der Waals surface area contributed by atoms with Crippen molar-refractivity contribution in [2.75, 3.05) is 0 Å². The standard InChI is InChI=1S/C14H11N5OS/c1-8-3-4-9(2)19(8)14-17-11-6-15-10(5-12(11)21-14)13-16-7-20-18-13/h3-7H,1-2H3. The highest BCUT2D eigenvalue weighted by atomic mass is 32.1. The molecule has 0 N–H and O–H groups in total. The van der Waals surface area contributed by atoms with Crippen molar-refractivity contribution >= 4 is 21.6 Å². The molecule has 0 atom stereocenters. The Kier molecular flexibility index (Phi) is 2.61. The van der Waals surface area contributed by atoms with E-state index in [1.807, 2.05) is 6.07 Å². The quantitative estimate of drug-likeness (QED) is 0.568. The van der Waals surface area contributed by atoms with Crippen LogP contribution in [0, 0.1) is 13.8 Å². The Bertz CT molecular complexity index is 903. The molecule has 6 nitrogen and oxygen atoms in total. The van der Waals surface area contributed by atoms with Crippen LogP contribution in [-0.2, 0) is 0 Å². The second kappa shape index (κ2) is 4.49. The van der Waals surface area contributed by atoms with E-state index in [4.69, 9.17) is 4.52 Å². The number of rotatable bonds is 2. The van der Waals surface area contributed by atoms with Gasteiger partial charge in [0.05, 0.1) is 10.9 Å². The Labute approximate surface area is 124 Å². The lowest BCUT2D eigenvalue weighted by Crippen LogP contribution is -1.97. The van der Waals surface area contributed by atoms with Gasteiger partial charge in [-0.3, -0.25) is 9.55 Å². The van der Waals surface area contributed by atoms with Gasteiger partial charge in [-0.15, -0.1) is 0 Å². The summed E-state index contributed by atoms with van der Waals surface area (Å²) in [6.07, 6.45) is 3.04. The lowest BCUT2D eigenvalue weighted by Gasteiger charge is -2.03. The Morgan fingerprint density at radius 3 is 2.67 bits per heavy atom. The maximum Gasteiger partial charge on any atom is 0.220 e. The van der Waals surface area contributed by atoms with Crippen molar-refractivity contribution in [3.8, 4) is 16.6 Å². The van der Waals surface area contributed by atoms with Crippen molar-refractivity contribution < 1.29 is 4.52 Å². The third kappa shape index (κ3) is 1.93. The summed E-state index contributed by atoms with van der Waals surface area (Å²) in [5.41, 5.74) is 3.89. The lowest BCUT2D eigenvalue weighted by molar-refractivity contribution is 0.418. The van der Waals surface area contributed by atoms with Crippen LogP contribution in [-0.4, -0.2) is 24.7 Å². The monoisotopic (exact) mass is 297 g/mol. The first-order chi connectivity index (χ1) is 10.2. The molecule has 0 aliphatic heterocycles. The van der Waals surface area contributed by atoms with Crippen LogP contribution in [0.3, 0.4) is 0 Å². The lowest BCUT2D eigenvalue weighted by atomic mass is 10.3. The van der Waals surface area contributed by atoms with E-state index >= 15 is 0 Å². The normalized spacial score (nSPS) is 11.3. The van der Waals surface area contributed by atoms with Crippen LogP contribution in [0.15, 0.2) is 35.3 Å². The summed E-state index contributed by atoms with van der Waals surface area (Å²) in [6, 6.07) is 6.12. The van der Waals surface area contributed by atoms with Crippen LogP contribution in [0.5, 0.6) is 0 Å². The minimum atomic E-state index is 0.486. The predicted molar refractivity (Wildman–Crippen MR) is 79.5 cm³/mol. The van der Waals surface area contributed by atoms with Crippen molar-refractivity contribution in [2.45, 2.75) is 13.8 Å². The molecule has 4 aromatic rings. The second-order valence-electron chi connectivity index (χ2n) is 4.74. The van der Waals surface area contributed by atoms with Gasteiger partial charge in [-0.1, -0.05) is 16.5 Å². The summed E-state index contributed by atoms with van der Waals surface area (Å²) in [5, 5.41) is 4.75. The van der Waals surface area contributed by atoms with Crippen LogP contribution in [0.4, 0.5) is 0 Å². The van der Waals surface area contributed by atoms with Gasteiger partial charge in [0.1, 0.15) is 11.2 Å². The zero-order valence-electron chi connectivity index (χ0n) is 11.4. The summed E-state index contributed by atoms with van der Waals surface area (Å²) >= 11 is 1.62. The van der Waals surface area contributed by atoms with E-state index in [2.05, 4.69) is 50.7 Å². The molecule has 21 heavy (non-hydrogen) atoms. The average Bonchev–Trinajstić information content (AvgIpc) is 3.18. The van der Waals surface area contributed by atoms with E-state index in [0.29, 0.717) is 11.5 Å². The topological polar surface area (TPSA) is 69.6 Å². The summed E-state index contributed by atoms with van der Waals surface area (Å²) in [5.74, 6) is 0.486. The van der Waals surface area contributed by atoms with Gasteiger partial charge in [0.15, 0.2) is 5.13 Å². The van der Waals surface area contributed by atoms with Crippen molar-refractivity contribution in [1.29, 1.82) is 0 Å². The van der Waals surface area contributed by atoms with Crippen LogP contribution < -0.4 is 0 Å². The van der Waals surface area contributed by atoms with Gasteiger partial charge in [-0.05, 0) is 32.0 Å². The van der Waals surface area contributed by atoms with Crippen LogP contribution >= 0.6 is 11.3 Å². The third-order valence-electron chi connectivity index (χ3n) is 3.32. The highest BCUT2D eigenvalue weighted by Gasteiger charge is 2.12. The number of hydrogen-bond acceptors (Lipinski definition) is 6. The largest absolute Gasteiger partial charge is 0.342 e. The van der Waals surface area contributed by atoms with E-state index in [0.717, 1.165) is 26.7 Å². The SMILES string of the molecule is Cc1ccc(C)n1-c1nc2cnc(-c3ncon3)cc2s1. The first kappa shape index (κ1) is 12.2. The molecule has 0 bridgehead atoms. The van der Waals surface area contributed by atoms with Gasteiger partial charge in [0.25, 0.3) is 0 Å². The molecule has 0 amide bonds. The molecule has 0 aliphatic carbocycles. The molecule has 0 radical (unpaired) electrons. The average molecular weight is 297 g/mol. The van der Waals surface area contributed by atoms with Gasteiger partial charge in [0, 0.05) is 11.4 Å². The first-order valence-electron chi connectivity index (χ1n) is 6.41. The highest BCUT2D eigenvalue weighted by molar-refractivity contribution is 7.20. The molecule has 4 heterocycles. The van der Waals surface area contributed by atoms with Crippen molar-refractivity contribution in [1.82, 2.24) is 24.7 Å². The molecule has 0 fully saturated rings. The molecule has 4 rings (SSSR count). The van der Waals surface area contributed by atoms with E-state index in [1.165, 1.54) is 6.39 Å². The van der Waals surface area contributed by atoms with Crippen LogP contribution in [0.2, 0.25) is 0 Å². The van der Waals surface area contributed by atoms with E-state index in [1.54, 1.807) is 17.5 Å². The molecule has 7 heteroatoms. The molecule has 0 unspecified atom stereocenters. The van der Waals surface area contributed by atoms with Gasteiger partial charge >= 0.3 is 0 Å². The smallest absolute Gasteiger partial charge is 0.220 e. The van der Waals surface area contributed by atoms with Gasteiger partial charge < -0.3 is 4.52 Å². The zero-order chi connectivity index (χ0) is 14.4. The minimum Gasteiger partial charge on any atom is -0.342 e. The number of nitrogens with zero attached hydrogens (tertiary/aromatic N) is 5. The number of aryl methyl sites for hydroxylation is 2. The Morgan fingerprint density at radius 1 is 1.14 bits per heavy atom. The number of pyridine rings is 1. The number of fused-ring (bicyclic) bond motifs is 1. The molecule has 4 aromatic heterocycles. The van der Waals surface area contributed by atoms with Crippen molar-refractivity contribution in [3.05, 3.63) is 42.2 Å². The van der Waals surface area contributed by atoms with E-state index < -0.39 is 0 Å². The molecule has 0 aliphatic rings. The van der Waals surface area contributed by atoms with Crippen molar-refractivity contribution in [3.63, 3.8) is 0 Å². The maximum atomic E-state index is 4.76.